The molecule has 1 heterocycles. The summed E-state index contributed by atoms with van der Waals surface area (Å²) in [6.07, 6.45) is 8.31. The van der Waals surface area contributed by atoms with Crippen molar-refractivity contribution in [1.29, 1.82) is 0 Å². The molecule has 0 aliphatic carbocycles. The predicted molar refractivity (Wildman–Crippen MR) is 89.4 cm³/mol. The molecule has 0 aliphatic heterocycles. The molecule has 0 saturated heterocycles. The molecular weight excluding hydrogens is 323 g/mol. The molecule has 0 atom stereocenters. The van der Waals surface area contributed by atoms with Gasteiger partial charge in [0.25, 0.3) is 0 Å². The van der Waals surface area contributed by atoms with Crippen LogP contribution in [0.2, 0.25) is 10.0 Å². The van der Waals surface area contributed by atoms with Crippen LogP contribution in [0.25, 0.3) is 5.70 Å². The normalized spacial score (nSPS) is 11.7. The van der Waals surface area contributed by atoms with E-state index in [-0.39, 0.29) is 0 Å². The third kappa shape index (κ3) is 5.03. The van der Waals surface area contributed by atoms with Gasteiger partial charge in [-0.15, -0.1) is 0 Å². The molecule has 22 heavy (non-hydrogen) atoms. The first-order valence-corrected chi connectivity index (χ1v) is 7.65. The number of imidazole rings is 1. The molecule has 1 aromatic carbocycles. The van der Waals surface area contributed by atoms with Crippen LogP contribution in [0, 0.1) is 0 Å². The Morgan fingerprint density at radius 2 is 2.23 bits per heavy atom. The number of hydrogen-bond acceptors (Lipinski definition) is 4. The van der Waals surface area contributed by atoms with Gasteiger partial charge in [-0.25, -0.2) is 4.98 Å². The van der Waals surface area contributed by atoms with Crippen LogP contribution >= 0.6 is 23.2 Å². The van der Waals surface area contributed by atoms with Crippen molar-refractivity contribution in [2.45, 2.75) is 13.0 Å². The maximum Gasteiger partial charge on any atom is 0.0946 e. The first-order chi connectivity index (χ1) is 10.7. The lowest BCUT2D eigenvalue weighted by atomic mass is 10.1. The first-order valence-electron chi connectivity index (χ1n) is 6.90. The second-order valence-electron chi connectivity index (χ2n) is 4.58. The summed E-state index contributed by atoms with van der Waals surface area (Å²) in [6, 6.07) is 5.44. The quantitative estimate of drug-likeness (QED) is 0.572. The molecule has 0 fully saturated rings. The van der Waals surface area contributed by atoms with E-state index in [1.54, 1.807) is 24.7 Å². The number of nitrogens with one attached hydrogen (secondary N) is 1. The van der Waals surface area contributed by atoms with Gasteiger partial charge in [0.1, 0.15) is 0 Å². The topological polar surface area (TPSA) is 65.1 Å². The zero-order valence-electron chi connectivity index (χ0n) is 12.0. The predicted octanol–water partition coefficient (Wildman–Crippen LogP) is 3.10. The highest BCUT2D eigenvalue weighted by molar-refractivity contribution is 6.42. The van der Waals surface area contributed by atoms with Crippen LogP contribution in [0.3, 0.4) is 0 Å². The van der Waals surface area contributed by atoms with Crippen molar-refractivity contribution in [3.63, 3.8) is 0 Å². The minimum atomic E-state index is 0.417. The molecule has 7 heteroatoms. The Bertz CT molecular complexity index is 614. The van der Waals surface area contributed by atoms with Gasteiger partial charge in [0, 0.05) is 31.0 Å². The molecule has 2 aromatic rings. The largest absolute Gasteiger partial charge is 0.337 e. The molecule has 0 radical (unpaired) electrons. The highest BCUT2D eigenvalue weighted by Crippen LogP contribution is 2.25. The van der Waals surface area contributed by atoms with Gasteiger partial charge >= 0.3 is 0 Å². The Morgan fingerprint density at radius 3 is 2.91 bits per heavy atom. The van der Waals surface area contributed by atoms with E-state index >= 15 is 0 Å². The lowest BCUT2D eigenvalue weighted by molar-refractivity contribution is 0.0847. The van der Waals surface area contributed by atoms with E-state index in [4.69, 9.17) is 33.8 Å². The van der Waals surface area contributed by atoms with Crippen LogP contribution < -0.4 is 11.2 Å². The summed E-state index contributed by atoms with van der Waals surface area (Å²) in [7, 11) is 0. The fourth-order valence-corrected chi connectivity index (χ4v) is 2.14. The Hall–Kier alpha value is -1.53. The van der Waals surface area contributed by atoms with Gasteiger partial charge in [0.05, 0.1) is 28.7 Å². The maximum atomic E-state index is 6.07. The molecule has 0 aliphatic rings. The van der Waals surface area contributed by atoms with Crippen LogP contribution in [0.15, 0.2) is 43.0 Å². The summed E-state index contributed by atoms with van der Waals surface area (Å²) in [6.45, 7) is 1.68. The highest BCUT2D eigenvalue weighted by Gasteiger charge is 2.05. The molecule has 0 bridgehead atoms. The zero-order valence-corrected chi connectivity index (χ0v) is 13.5. The van der Waals surface area contributed by atoms with Gasteiger partial charge in [-0.2, -0.15) is 0 Å². The Labute approximate surface area is 139 Å². The summed E-state index contributed by atoms with van der Waals surface area (Å²) in [5, 5.41) is 1.02. The van der Waals surface area contributed by atoms with Crippen LogP contribution in [0.4, 0.5) is 0 Å². The highest BCUT2D eigenvalue weighted by atomic mass is 35.5. The SMILES string of the molecule is NCCONC(=CCCn1ccnc1)c1ccc(Cl)c(Cl)c1. The minimum absolute atomic E-state index is 0.417. The molecule has 0 spiro atoms. The van der Waals surface area contributed by atoms with E-state index in [0.717, 1.165) is 24.2 Å². The van der Waals surface area contributed by atoms with Crippen molar-refractivity contribution in [1.82, 2.24) is 15.0 Å². The number of halogens is 2. The molecule has 2 rings (SSSR count). The number of aromatic nitrogens is 2. The number of hydroxylamine groups is 1. The maximum absolute atomic E-state index is 6.07. The Kier molecular flexibility index (Phi) is 6.74. The van der Waals surface area contributed by atoms with Crippen molar-refractivity contribution >= 4 is 28.9 Å². The molecule has 1 aromatic heterocycles. The van der Waals surface area contributed by atoms with Gasteiger partial charge in [0.15, 0.2) is 0 Å². The standard InChI is InChI=1S/C15H18Cl2N4O/c16-13-4-3-12(10-14(13)17)15(20-22-9-5-18)2-1-7-21-8-6-19-11-21/h2-4,6,8,10-11,20H,1,5,7,9,18H2. The lowest BCUT2D eigenvalue weighted by Crippen LogP contribution is -2.19. The van der Waals surface area contributed by atoms with E-state index in [2.05, 4.69) is 10.5 Å². The second kappa shape index (κ2) is 8.80. The molecule has 5 nitrogen and oxygen atoms in total. The minimum Gasteiger partial charge on any atom is -0.337 e. The summed E-state index contributed by atoms with van der Waals surface area (Å²) < 4.78 is 2.00. The first kappa shape index (κ1) is 16.8. The average Bonchev–Trinajstić information content (AvgIpc) is 3.02. The number of aryl methyl sites for hydroxylation is 1. The summed E-state index contributed by atoms with van der Waals surface area (Å²) in [5.41, 5.74) is 10.1. The van der Waals surface area contributed by atoms with E-state index in [9.17, 15) is 0 Å². The number of nitrogens with zero attached hydrogens (tertiary/aromatic N) is 2. The van der Waals surface area contributed by atoms with Crippen molar-refractivity contribution in [2.75, 3.05) is 13.2 Å². The van der Waals surface area contributed by atoms with Crippen molar-refractivity contribution < 1.29 is 4.84 Å². The van der Waals surface area contributed by atoms with Crippen molar-refractivity contribution in [2.24, 2.45) is 5.73 Å². The van der Waals surface area contributed by atoms with Gasteiger partial charge < -0.3 is 10.3 Å². The smallest absolute Gasteiger partial charge is 0.0946 e. The fourth-order valence-electron chi connectivity index (χ4n) is 1.85. The second-order valence-corrected chi connectivity index (χ2v) is 5.39. The lowest BCUT2D eigenvalue weighted by Gasteiger charge is -2.12. The molecule has 0 saturated carbocycles. The number of hydrogen-bond donors (Lipinski definition) is 2. The fraction of sp³-hybridized carbons (Fsp3) is 0.267. The van der Waals surface area contributed by atoms with E-state index in [1.807, 2.05) is 22.9 Å². The summed E-state index contributed by atoms with van der Waals surface area (Å²) >= 11 is 12.0. The van der Waals surface area contributed by atoms with E-state index < -0.39 is 0 Å². The average molecular weight is 341 g/mol. The van der Waals surface area contributed by atoms with Crippen LogP contribution in [0.5, 0.6) is 0 Å². The molecule has 3 N–H and O–H groups in total. The number of nitrogens with two attached hydrogens (primary N) is 1. The van der Waals surface area contributed by atoms with Crippen molar-refractivity contribution in [3.8, 4) is 0 Å². The third-order valence-corrected chi connectivity index (χ3v) is 3.67. The molecule has 118 valence electrons. The number of benzene rings is 1. The summed E-state index contributed by atoms with van der Waals surface area (Å²) in [4.78, 5) is 9.33. The zero-order chi connectivity index (χ0) is 15.8. The third-order valence-electron chi connectivity index (χ3n) is 2.93. The Balaban J connectivity index is 2.08. The molecule has 0 amide bonds. The number of allylic oxidation sites excluding steroid dienone is 1. The van der Waals surface area contributed by atoms with Gasteiger partial charge in [-0.1, -0.05) is 35.3 Å². The van der Waals surface area contributed by atoms with E-state index in [1.165, 1.54) is 0 Å². The van der Waals surface area contributed by atoms with Crippen LogP contribution in [-0.4, -0.2) is 22.7 Å². The van der Waals surface area contributed by atoms with Crippen LogP contribution in [-0.2, 0) is 11.4 Å². The summed E-state index contributed by atoms with van der Waals surface area (Å²) in [5.74, 6) is 0. The molecule has 0 unspecified atom stereocenters. The van der Waals surface area contributed by atoms with Gasteiger partial charge in [0.2, 0.25) is 0 Å². The van der Waals surface area contributed by atoms with Crippen molar-refractivity contribution in [3.05, 3.63) is 58.6 Å². The van der Waals surface area contributed by atoms with Gasteiger partial charge in [-0.05, 0) is 18.6 Å². The van der Waals surface area contributed by atoms with E-state index in [0.29, 0.717) is 23.2 Å². The Morgan fingerprint density at radius 1 is 1.36 bits per heavy atom. The molecular formula is C15H18Cl2N4O. The van der Waals surface area contributed by atoms with Gasteiger partial charge in [-0.3, -0.25) is 10.3 Å². The van der Waals surface area contributed by atoms with Crippen LogP contribution in [0.1, 0.15) is 12.0 Å². The monoisotopic (exact) mass is 340 g/mol. The number of rotatable bonds is 8.